The van der Waals surface area contributed by atoms with Gasteiger partial charge in [-0.05, 0) is 5.97 Å². The minimum atomic E-state index is 0. The van der Waals surface area contributed by atoms with E-state index in [1.165, 1.54) is 5.97 Å². The van der Waals surface area contributed by atoms with Crippen LogP contribution in [0.25, 0.3) is 0 Å². The minimum absolute atomic E-state index is 0. The van der Waals surface area contributed by atoms with Crippen molar-refractivity contribution in [1.29, 1.82) is 5.26 Å². The molecule has 0 aromatic carbocycles. The first-order chi connectivity index (χ1) is 1.41. The number of nitrogens with zero attached hydrogens (tertiary/aromatic N) is 1. The second-order valence-corrected chi connectivity index (χ2v) is 0.129. The van der Waals surface area contributed by atoms with Gasteiger partial charge in [-0.25, -0.2) is 5.26 Å². The molecule has 0 heterocycles. The molecule has 0 N–H and O–H groups in total. The van der Waals surface area contributed by atoms with Gasteiger partial charge in [-0.1, -0.05) is 0 Å². The summed E-state index contributed by atoms with van der Waals surface area (Å²) in [6.45, 7) is 0. The molecule has 0 aliphatic rings. The van der Waals surface area contributed by atoms with Crippen molar-refractivity contribution >= 4 is 7.85 Å². The van der Waals surface area contributed by atoms with Gasteiger partial charge in [0.2, 0.25) is 7.85 Å². The predicted molar refractivity (Wildman–Crippen MR) is 11.4 cm³/mol. The van der Waals surface area contributed by atoms with Gasteiger partial charge in [0.1, 0.15) is 0 Å². The van der Waals surface area contributed by atoms with Crippen molar-refractivity contribution in [2.75, 3.05) is 0 Å². The van der Waals surface area contributed by atoms with E-state index in [9.17, 15) is 0 Å². The Morgan fingerprint density at radius 3 is 1.75 bits per heavy atom. The molecule has 0 aliphatic carbocycles. The fourth-order valence-corrected chi connectivity index (χ4v) is 0. The Kier molecular flexibility index (Phi) is 24.2. The van der Waals surface area contributed by atoms with Gasteiger partial charge in [0.05, 0.1) is 0 Å². The van der Waals surface area contributed by atoms with E-state index in [2.05, 4.69) is 7.85 Å². The van der Waals surface area contributed by atoms with Crippen LogP contribution in [-0.4, -0.2) is 7.85 Å². The Morgan fingerprint density at radius 2 is 1.75 bits per heavy atom. The maximum atomic E-state index is 7.10. The van der Waals surface area contributed by atoms with E-state index in [0.717, 1.165) is 0 Å². The van der Waals surface area contributed by atoms with Crippen LogP contribution in [0.3, 0.4) is 0 Å². The van der Waals surface area contributed by atoms with E-state index in [-0.39, 0.29) is 19.5 Å². The smallest absolute Gasteiger partial charge is 0.214 e. The Labute approximate surface area is 39.2 Å². The summed E-state index contributed by atoms with van der Waals surface area (Å²) in [6, 6.07) is 0. The van der Waals surface area contributed by atoms with Gasteiger partial charge in [0.25, 0.3) is 0 Å². The van der Waals surface area contributed by atoms with Crippen LogP contribution in [0.2, 0.25) is 0 Å². The summed E-state index contributed by atoms with van der Waals surface area (Å²) in [4.78, 5) is 0. The second-order valence-electron chi connectivity index (χ2n) is 0.129. The number of rotatable bonds is 0. The largest absolute Gasteiger partial charge is 0.229 e. The summed E-state index contributed by atoms with van der Waals surface area (Å²) in [6.07, 6.45) is 0. The van der Waals surface area contributed by atoms with Gasteiger partial charge >= 0.3 is 0 Å². The summed E-state index contributed by atoms with van der Waals surface area (Å²) in [5.74, 6) is 1.25. The van der Waals surface area contributed by atoms with Crippen molar-refractivity contribution in [3.05, 3.63) is 0 Å². The molecule has 0 rings (SSSR count). The molecular formula is CBNZn. The van der Waals surface area contributed by atoms with Crippen molar-refractivity contribution in [3.63, 3.8) is 0 Å². The second kappa shape index (κ2) is 10.9. The van der Waals surface area contributed by atoms with Crippen LogP contribution >= 0.6 is 0 Å². The molecule has 0 bridgehead atoms. The van der Waals surface area contributed by atoms with E-state index in [1.54, 1.807) is 0 Å². The summed E-state index contributed by atoms with van der Waals surface area (Å²) in [5, 5.41) is 7.10. The quantitative estimate of drug-likeness (QED) is 0.383. The molecule has 14 valence electrons. The zero-order valence-corrected chi connectivity index (χ0v) is 5.20. The third kappa shape index (κ3) is 95.1. The molecular weight excluding hydrogens is 102 g/mol. The van der Waals surface area contributed by atoms with Crippen molar-refractivity contribution in [1.82, 2.24) is 0 Å². The molecule has 1 nitrogen and oxygen atoms in total. The third-order valence-corrected chi connectivity index (χ3v) is 0. The van der Waals surface area contributed by atoms with Crippen LogP contribution < -0.4 is 0 Å². The summed E-state index contributed by atoms with van der Waals surface area (Å²) in [7, 11) is 4.15. The Balaban J connectivity index is 0. The van der Waals surface area contributed by atoms with Gasteiger partial charge in [-0.2, -0.15) is 0 Å². The Bertz CT molecular complexity index is 29.5. The molecule has 2 radical (unpaired) electrons. The molecule has 0 aromatic heterocycles. The van der Waals surface area contributed by atoms with Crippen molar-refractivity contribution in [2.45, 2.75) is 0 Å². The number of hydrogen-bond acceptors (Lipinski definition) is 1. The zero-order chi connectivity index (χ0) is 2.71. The van der Waals surface area contributed by atoms with Crippen molar-refractivity contribution in [3.8, 4) is 5.97 Å². The van der Waals surface area contributed by atoms with E-state index in [1.807, 2.05) is 0 Å². The maximum absolute atomic E-state index is 7.10. The number of nitriles is 1. The molecule has 0 unspecified atom stereocenters. The summed E-state index contributed by atoms with van der Waals surface area (Å²) < 4.78 is 0. The van der Waals surface area contributed by atoms with Crippen LogP contribution in [-0.2, 0) is 19.5 Å². The first kappa shape index (κ1) is 8.90. The molecule has 0 aliphatic heterocycles. The summed E-state index contributed by atoms with van der Waals surface area (Å²) >= 11 is 0. The Hall–Kier alpha value is 0.178. The van der Waals surface area contributed by atoms with Crippen LogP contribution in [0.1, 0.15) is 0 Å². The number of hydrogen-bond donors (Lipinski definition) is 0. The fraction of sp³-hybridized carbons (Fsp3) is 0. The van der Waals surface area contributed by atoms with Crippen molar-refractivity contribution in [2.24, 2.45) is 0 Å². The molecule has 0 fully saturated rings. The van der Waals surface area contributed by atoms with Crippen LogP contribution in [0.5, 0.6) is 0 Å². The Morgan fingerprint density at radius 1 is 1.75 bits per heavy atom. The van der Waals surface area contributed by atoms with Gasteiger partial charge in [0, 0.05) is 19.5 Å². The molecule has 4 heavy (non-hydrogen) atoms. The minimum Gasteiger partial charge on any atom is -0.214 e. The van der Waals surface area contributed by atoms with E-state index < -0.39 is 0 Å². The van der Waals surface area contributed by atoms with Crippen LogP contribution in [0.4, 0.5) is 0 Å². The monoisotopic (exact) mass is 101 g/mol. The van der Waals surface area contributed by atoms with Crippen LogP contribution in [0.15, 0.2) is 0 Å². The average Bonchev–Trinajstić information content (AvgIpc) is 0.918. The van der Waals surface area contributed by atoms with Gasteiger partial charge in [-0.3, -0.25) is 0 Å². The maximum Gasteiger partial charge on any atom is 0.229 e. The third-order valence-electron chi connectivity index (χ3n) is 0. The predicted octanol–water partition coefficient (Wildman–Crippen LogP) is -0.367. The normalized spacial score (nSPS) is 1.75. The molecule has 0 saturated carbocycles. The van der Waals surface area contributed by atoms with Gasteiger partial charge < -0.3 is 0 Å². The zero-order valence-electron chi connectivity index (χ0n) is 2.23. The van der Waals surface area contributed by atoms with Gasteiger partial charge in [-0.15, -0.1) is 0 Å². The molecule has 0 saturated heterocycles. The van der Waals surface area contributed by atoms with Crippen LogP contribution in [0, 0.1) is 11.2 Å². The van der Waals surface area contributed by atoms with E-state index >= 15 is 0 Å². The van der Waals surface area contributed by atoms with E-state index in [0.29, 0.717) is 0 Å². The molecule has 0 spiro atoms. The van der Waals surface area contributed by atoms with E-state index in [4.69, 9.17) is 5.26 Å². The van der Waals surface area contributed by atoms with Crippen molar-refractivity contribution < 1.29 is 19.5 Å². The first-order valence-electron chi connectivity index (χ1n) is 0.512. The SMILES string of the molecule is [B]C#N.[Zn]. The standard InChI is InChI=1S/CBN.Zn/c2-1-3;. The fourth-order valence-electron chi connectivity index (χ4n) is 0. The average molecular weight is 102 g/mol. The van der Waals surface area contributed by atoms with Gasteiger partial charge in [0.15, 0.2) is 0 Å². The summed E-state index contributed by atoms with van der Waals surface area (Å²) in [5.41, 5.74) is 0. The molecule has 0 amide bonds. The molecule has 0 aromatic rings. The molecule has 0 atom stereocenters. The molecule has 3 heteroatoms. The topological polar surface area (TPSA) is 23.8 Å². The first-order valence-corrected chi connectivity index (χ1v) is 0.512.